The van der Waals surface area contributed by atoms with Crippen LogP contribution in [0.25, 0.3) is 0 Å². The molecule has 0 bridgehead atoms. The Hall–Kier alpha value is -1.46. The van der Waals surface area contributed by atoms with Crippen LogP contribution in [0.4, 0.5) is 0 Å². The van der Waals surface area contributed by atoms with E-state index in [4.69, 9.17) is 17.0 Å². The van der Waals surface area contributed by atoms with E-state index in [-0.39, 0.29) is 47.5 Å². The van der Waals surface area contributed by atoms with E-state index in [1.807, 2.05) is 0 Å². The predicted molar refractivity (Wildman–Crippen MR) is 107 cm³/mol. The SMILES string of the molecule is [B]=C1OC(=O)C2CCC3C4CCC5C(=O)OC(=O)C6CCC(C7CCC1C2C73)C4C65. The van der Waals surface area contributed by atoms with E-state index in [0.29, 0.717) is 47.1 Å². The van der Waals surface area contributed by atoms with Crippen LogP contribution in [-0.2, 0) is 23.9 Å². The second-order valence-corrected chi connectivity index (χ2v) is 11.3. The van der Waals surface area contributed by atoms with E-state index in [1.165, 1.54) is 0 Å². The van der Waals surface area contributed by atoms with Crippen LogP contribution in [0.15, 0.2) is 0 Å². The van der Waals surface area contributed by atoms with E-state index in [1.54, 1.807) is 0 Å². The Morgan fingerprint density at radius 2 is 0.867 bits per heavy atom. The second-order valence-electron chi connectivity index (χ2n) is 11.3. The van der Waals surface area contributed by atoms with Crippen molar-refractivity contribution in [1.82, 2.24) is 0 Å². The molecule has 6 heteroatoms. The number of carbonyl (C=O) groups is 3. The number of hydrogen-bond donors (Lipinski definition) is 0. The number of ether oxygens (including phenoxy) is 2. The van der Waals surface area contributed by atoms with Crippen LogP contribution in [0, 0.1) is 71.0 Å². The average molecular weight is 407 g/mol. The van der Waals surface area contributed by atoms with Crippen molar-refractivity contribution in [2.45, 2.75) is 51.4 Å². The molecule has 7 fully saturated rings. The Morgan fingerprint density at radius 1 is 0.500 bits per heavy atom. The molecule has 0 N–H and O–H groups in total. The fourth-order valence-corrected chi connectivity index (χ4v) is 10.1. The molecule has 7 rings (SSSR count). The van der Waals surface area contributed by atoms with Gasteiger partial charge in [-0.1, -0.05) is 0 Å². The normalized spacial score (nSPS) is 55.7. The molecule has 2 heterocycles. The van der Waals surface area contributed by atoms with Gasteiger partial charge in [0.2, 0.25) is 0 Å². The molecule has 0 aromatic rings. The first-order chi connectivity index (χ1) is 14.5. The number of rotatable bonds is 0. The predicted octanol–water partition coefficient (Wildman–Crippen LogP) is 2.51. The Bertz CT molecular complexity index is 734. The Balaban J connectivity index is 1.31. The number of hydrogen-bond acceptors (Lipinski definition) is 5. The third-order valence-corrected chi connectivity index (χ3v) is 10.8. The van der Waals surface area contributed by atoms with Gasteiger partial charge in [0.1, 0.15) is 0 Å². The molecule has 5 nitrogen and oxygen atoms in total. The summed E-state index contributed by atoms with van der Waals surface area (Å²) in [6.45, 7) is 0. The van der Waals surface area contributed by atoms with Crippen LogP contribution in [0.2, 0.25) is 0 Å². The summed E-state index contributed by atoms with van der Waals surface area (Å²) in [6.07, 6.45) is 8.01. The summed E-state index contributed by atoms with van der Waals surface area (Å²) in [5, 5.41) is 0. The van der Waals surface area contributed by atoms with Crippen molar-refractivity contribution in [3.63, 3.8) is 0 Å². The quantitative estimate of drug-likeness (QED) is 0.351. The van der Waals surface area contributed by atoms with E-state index >= 15 is 0 Å². The van der Waals surface area contributed by atoms with Crippen molar-refractivity contribution in [1.29, 1.82) is 0 Å². The van der Waals surface area contributed by atoms with Crippen LogP contribution in [0.1, 0.15) is 51.4 Å². The van der Waals surface area contributed by atoms with Crippen molar-refractivity contribution in [2.24, 2.45) is 71.0 Å². The minimum atomic E-state index is -0.257. The Morgan fingerprint density at radius 3 is 1.33 bits per heavy atom. The van der Waals surface area contributed by atoms with Gasteiger partial charge in [-0.3, -0.25) is 0 Å². The van der Waals surface area contributed by atoms with Crippen LogP contribution in [0.3, 0.4) is 0 Å². The topological polar surface area (TPSA) is 69.7 Å². The molecule has 2 saturated heterocycles. The van der Waals surface area contributed by atoms with Crippen molar-refractivity contribution in [3.8, 4) is 0 Å². The Kier molecular flexibility index (Phi) is 3.67. The molecule has 0 amide bonds. The van der Waals surface area contributed by atoms with Gasteiger partial charge in [-0.25, -0.2) is 0 Å². The summed E-state index contributed by atoms with van der Waals surface area (Å²) < 4.78 is 10.7. The molecule has 12 atom stereocenters. The van der Waals surface area contributed by atoms with Crippen LogP contribution in [-0.4, -0.2) is 31.0 Å². The van der Waals surface area contributed by atoms with E-state index < -0.39 is 0 Å². The van der Waals surface area contributed by atoms with Gasteiger partial charge in [-0.05, 0) is 0 Å². The number of cyclic esters (lactones) is 3. The molecule has 12 unspecified atom stereocenters. The summed E-state index contributed by atoms with van der Waals surface area (Å²) in [4.78, 5) is 37.8. The second kappa shape index (κ2) is 6.07. The molecular weight excluding hydrogens is 379 g/mol. The van der Waals surface area contributed by atoms with Gasteiger partial charge in [0.25, 0.3) is 0 Å². The van der Waals surface area contributed by atoms with Gasteiger partial charge in [0, 0.05) is 0 Å². The van der Waals surface area contributed by atoms with Crippen molar-refractivity contribution >= 4 is 31.0 Å². The van der Waals surface area contributed by atoms with Crippen molar-refractivity contribution < 1.29 is 23.9 Å². The molecule has 157 valence electrons. The molecule has 30 heavy (non-hydrogen) atoms. The Labute approximate surface area is 177 Å². The molecular formula is C24H28BO5. The first-order valence-electron chi connectivity index (χ1n) is 12.1. The zero-order chi connectivity index (χ0) is 20.3. The molecule has 0 aromatic heterocycles. The van der Waals surface area contributed by atoms with Gasteiger partial charge in [-0.2, -0.15) is 0 Å². The zero-order valence-corrected chi connectivity index (χ0v) is 17.2. The maximum atomic E-state index is 12.7. The van der Waals surface area contributed by atoms with Crippen LogP contribution < -0.4 is 0 Å². The third-order valence-electron chi connectivity index (χ3n) is 10.8. The van der Waals surface area contributed by atoms with Crippen molar-refractivity contribution in [3.05, 3.63) is 0 Å². The van der Waals surface area contributed by atoms with Gasteiger partial charge >= 0.3 is 177 Å². The van der Waals surface area contributed by atoms with E-state index in [9.17, 15) is 14.4 Å². The fourth-order valence-electron chi connectivity index (χ4n) is 10.1. The summed E-state index contributed by atoms with van der Waals surface area (Å²) in [5.41, 5.74) is 0.468. The first-order valence-corrected chi connectivity index (χ1v) is 12.1. The standard InChI is InChI=1S/C24H28BO5/c25-21-13-5-1-9-11-3-7-15-20-16(24(28)30-23(15)27)8-4-12(18(11)20)10-2-6-14(22(26)29-21)19(13)17(9)10/h9-20H,1-8H2. The molecule has 0 spiro atoms. The van der Waals surface area contributed by atoms with Gasteiger partial charge in [-0.15, -0.1) is 0 Å². The minimum absolute atomic E-state index is 0.0156. The number of fused-ring (bicyclic) bond motifs is 2. The molecule has 0 aromatic carbocycles. The zero-order valence-electron chi connectivity index (χ0n) is 17.2. The summed E-state index contributed by atoms with van der Waals surface area (Å²) in [7, 11) is 6.24. The van der Waals surface area contributed by atoms with Crippen LogP contribution >= 0.6 is 0 Å². The van der Waals surface area contributed by atoms with E-state index in [0.717, 1.165) is 51.4 Å². The van der Waals surface area contributed by atoms with E-state index in [2.05, 4.69) is 0 Å². The third kappa shape index (κ3) is 2.11. The summed E-state index contributed by atoms with van der Waals surface area (Å²) >= 11 is 0. The van der Waals surface area contributed by atoms with Crippen LogP contribution in [0.5, 0.6) is 0 Å². The maximum absolute atomic E-state index is 12.7. The average Bonchev–Trinajstić information content (AvgIpc) is 2.74. The number of carbonyl (C=O) groups excluding carboxylic acids is 3. The summed E-state index contributed by atoms with van der Waals surface area (Å²) in [6, 6.07) is 0. The van der Waals surface area contributed by atoms with Gasteiger partial charge < -0.3 is 0 Å². The first kappa shape index (κ1) is 18.1. The molecule has 1 radical (unpaired) electrons. The number of esters is 3. The molecule has 7 aliphatic rings. The molecule has 5 aliphatic carbocycles. The van der Waals surface area contributed by atoms with Gasteiger partial charge in [0.05, 0.1) is 0 Å². The molecule has 2 aliphatic heterocycles. The summed E-state index contributed by atoms with van der Waals surface area (Å²) in [5.74, 6) is 3.43. The molecule has 5 saturated carbocycles. The van der Waals surface area contributed by atoms with Gasteiger partial charge in [0.15, 0.2) is 0 Å². The van der Waals surface area contributed by atoms with Crippen molar-refractivity contribution in [2.75, 3.05) is 0 Å². The monoisotopic (exact) mass is 407 g/mol. The fraction of sp³-hybridized carbons (Fsp3) is 0.833.